The standard InChI is InChI=1S/C24H31F2N7O3/c1-15(2)32(8-11-34)23(35)16(3)27-24-29-19(31-9-12-36-13-10-31)14-20(30-24)33-18-7-5-4-6-17(18)28-22(33)21(25)26/h4-7,14-16,21,34H,8-13H2,1-3H3,(H,27,29,30)/t16-/m0/s1. The van der Waals surface area contributed by atoms with Gasteiger partial charge in [0.25, 0.3) is 6.43 Å². The fourth-order valence-electron chi connectivity index (χ4n) is 4.22. The summed E-state index contributed by atoms with van der Waals surface area (Å²) < 4.78 is 34.8. The van der Waals surface area contributed by atoms with Crippen LogP contribution in [0.4, 0.5) is 20.5 Å². The molecule has 3 heterocycles. The lowest BCUT2D eigenvalue weighted by Crippen LogP contribution is -2.46. The molecule has 0 radical (unpaired) electrons. The van der Waals surface area contributed by atoms with Gasteiger partial charge in [0, 0.05) is 31.7 Å². The molecule has 10 nitrogen and oxygen atoms in total. The molecule has 2 N–H and O–H groups in total. The third-order valence-electron chi connectivity index (χ3n) is 6.01. The van der Waals surface area contributed by atoms with Crippen molar-refractivity contribution in [1.29, 1.82) is 0 Å². The second kappa shape index (κ2) is 11.1. The van der Waals surface area contributed by atoms with Gasteiger partial charge in [0.2, 0.25) is 11.9 Å². The van der Waals surface area contributed by atoms with Crippen molar-refractivity contribution in [3.05, 3.63) is 36.2 Å². The van der Waals surface area contributed by atoms with Crippen molar-refractivity contribution in [2.75, 3.05) is 49.7 Å². The van der Waals surface area contributed by atoms with Gasteiger partial charge < -0.3 is 25.0 Å². The average molecular weight is 504 g/mol. The Balaban J connectivity index is 1.77. The van der Waals surface area contributed by atoms with Crippen LogP contribution in [0, 0.1) is 0 Å². The van der Waals surface area contributed by atoms with Crippen LogP contribution < -0.4 is 10.2 Å². The molecule has 4 rings (SSSR count). The van der Waals surface area contributed by atoms with Crippen LogP contribution in [-0.4, -0.2) is 87.0 Å². The van der Waals surface area contributed by atoms with E-state index in [0.29, 0.717) is 43.2 Å². The Hall–Kier alpha value is -3.38. The molecule has 194 valence electrons. The van der Waals surface area contributed by atoms with Crippen LogP contribution in [0.3, 0.4) is 0 Å². The first-order chi connectivity index (χ1) is 17.3. The van der Waals surface area contributed by atoms with Crippen LogP contribution >= 0.6 is 0 Å². The monoisotopic (exact) mass is 503 g/mol. The molecule has 12 heteroatoms. The zero-order valence-electron chi connectivity index (χ0n) is 20.6. The number of para-hydroxylation sites is 2. The van der Waals surface area contributed by atoms with Crippen LogP contribution in [0.25, 0.3) is 16.9 Å². The normalized spacial score (nSPS) is 15.1. The first-order valence-corrected chi connectivity index (χ1v) is 12.0. The van der Waals surface area contributed by atoms with Crippen LogP contribution in [0.5, 0.6) is 0 Å². The Kier molecular flexibility index (Phi) is 7.94. The number of morpholine rings is 1. The largest absolute Gasteiger partial charge is 0.395 e. The third kappa shape index (κ3) is 5.39. The fourth-order valence-corrected chi connectivity index (χ4v) is 4.22. The van der Waals surface area contributed by atoms with Gasteiger partial charge in [-0.2, -0.15) is 9.97 Å². The Morgan fingerprint density at radius 2 is 1.83 bits per heavy atom. The van der Waals surface area contributed by atoms with Gasteiger partial charge in [-0.25, -0.2) is 13.8 Å². The van der Waals surface area contributed by atoms with Crippen molar-refractivity contribution in [3.8, 4) is 5.82 Å². The summed E-state index contributed by atoms with van der Waals surface area (Å²) in [4.78, 5) is 29.9. The zero-order valence-corrected chi connectivity index (χ0v) is 20.6. The molecule has 1 aromatic carbocycles. The lowest BCUT2D eigenvalue weighted by Gasteiger charge is -2.30. The van der Waals surface area contributed by atoms with Gasteiger partial charge in [0.15, 0.2) is 5.82 Å². The van der Waals surface area contributed by atoms with Crippen molar-refractivity contribution in [2.24, 2.45) is 0 Å². The molecule has 1 aliphatic rings. The molecule has 0 unspecified atom stereocenters. The SMILES string of the molecule is CC(C)N(CCO)C(=O)[C@H](C)Nc1nc(N2CCOCC2)cc(-n2c(C(F)F)nc3ccccc32)n1. The molecule has 0 aliphatic carbocycles. The highest BCUT2D eigenvalue weighted by Gasteiger charge is 2.26. The van der Waals surface area contributed by atoms with Crippen molar-refractivity contribution in [3.63, 3.8) is 0 Å². The van der Waals surface area contributed by atoms with Crippen molar-refractivity contribution in [2.45, 2.75) is 39.3 Å². The van der Waals surface area contributed by atoms with Gasteiger partial charge in [0.1, 0.15) is 17.7 Å². The highest BCUT2D eigenvalue weighted by molar-refractivity contribution is 5.84. The summed E-state index contributed by atoms with van der Waals surface area (Å²) in [7, 11) is 0. The molecule has 36 heavy (non-hydrogen) atoms. The molecule has 1 fully saturated rings. The van der Waals surface area contributed by atoms with Gasteiger partial charge in [-0.15, -0.1) is 0 Å². The van der Waals surface area contributed by atoms with E-state index >= 15 is 0 Å². The topological polar surface area (TPSA) is 109 Å². The highest BCUT2D eigenvalue weighted by atomic mass is 19.3. The summed E-state index contributed by atoms with van der Waals surface area (Å²) >= 11 is 0. The second-order valence-electron chi connectivity index (χ2n) is 8.82. The number of nitrogens with zero attached hydrogens (tertiary/aromatic N) is 6. The highest BCUT2D eigenvalue weighted by Crippen LogP contribution is 2.29. The molecule has 0 spiro atoms. The molecule has 1 amide bonds. The van der Waals surface area contributed by atoms with Gasteiger partial charge in [-0.3, -0.25) is 9.36 Å². The number of amides is 1. The molecular formula is C24H31F2N7O3. The minimum atomic E-state index is -2.82. The number of ether oxygens (including phenoxy) is 1. The van der Waals surface area contributed by atoms with Gasteiger partial charge in [-0.1, -0.05) is 12.1 Å². The summed E-state index contributed by atoms with van der Waals surface area (Å²) in [5.74, 6) is 0.211. The van der Waals surface area contributed by atoms with E-state index in [2.05, 4.69) is 20.3 Å². The Morgan fingerprint density at radius 3 is 2.50 bits per heavy atom. The summed E-state index contributed by atoms with van der Waals surface area (Å²) in [5.41, 5.74) is 0.914. The first-order valence-electron chi connectivity index (χ1n) is 12.0. The van der Waals surface area contributed by atoms with E-state index in [0.717, 1.165) is 0 Å². The maximum absolute atomic E-state index is 14.0. The lowest BCUT2D eigenvalue weighted by atomic mass is 10.2. The molecular weight excluding hydrogens is 472 g/mol. The van der Waals surface area contributed by atoms with Gasteiger partial charge in [0.05, 0.1) is 30.9 Å². The number of carbonyl (C=O) groups excluding carboxylic acids is 1. The summed E-state index contributed by atoms with van der Waals surface area (Å²) in [6.45, 7) is 7.62. The quantitative estimate of drug-likeness (QED) is 0.459. The van der Waals surface area contributed by atoms with E-state index in [1.807, 2.05) is 18.7 Å². The summed E-state index contributed by atoms with van der Waals surface area (Å²) in [5, 5.41) is 12.4. The smallest absolute Gasteiger partial charge is 0.296 e. The van der Waals surface area contributed by atoms with E-state index in [1.54, 1.807) is 42.2 Å². The third-order valence-corrected chi connectivity index (χ3v) is 6.01. The minimum absolute atomic E-state index is 0.115. The number of aromatic nitrogens is 4. The number of hydrogen-bond acceptors (Lipinski definition) is 8. The van der Waals surface area contributed by atoms with Crippen molar-refractivity contribution >= 4 is 28.7 Å². The number of anilines is 2. The van der Waals surface area contributed by atoms with E-state index in [9.17, 15) is 18.7 Å². The first kappa shape index (κ1) is 25.7. The number of hydrogen-bond donors (Lipinski definition) is 2. The molecule has 1 aliphatic heterocycles. The number of carbonyl (C=O) groups is 1. The number of halogens is 2. The zero-order chi connectivity index (χ0) is 25.8. The summed E-state index contributed by atoms with van der Waals surface area (Å²) in [6.07, 6.45) is -2.82. The number of rotatable bonds is 9. The number of aliphatic hydroxyl groups is 1. The second-order valence-corrected chi connectivity index (χ2v) is 8.82. The lowest BCUT2D eigenvalue weighted by molar-refractivity contribution is -0.133. The van der Waals surface area contributed by atoms with E-state index < -0.39 is 18.3 Å². The van der Waals surface area contributed by atoms with Crippen LogP contribution in [-0.2, 0) is 9.53 Å². The van der Waals surface area contributed by atoms with Crippen LogP contribution in [0.2, 0.25) is 0 Å². The predicted molar refractivity (Wildman–Crippen MR) is 132 cm³/mol. The van der Waals surface area contributed by atoms with Gasteiger partial charge in [-0.05, 0) is 32.9 Å². The van der Waals surface area contributed by atoms with Crippen LogP contribution in [0.15, 0.2) is 30.3 Å². The molecule has 1 atom stereocenters. The van der Waals surface area contributed by atoms with Crippen molar-refractivity contribution < 1.29 is 23.4 Å². The van der Waals surface area contributed by atoms with Crippen molar-refractivity contribution in [1.82, 2.24) is 24.4 Å². The minimum Gasteiger partial charge on any atom is -0.395 e. The number of fused-ring (bicyclic) bond motifs is 1. The number of nitrogens with one attached hydrogen (secondary N) is 1. The molecule has 0 saturated carbocycles. The maximum Gasteiger partial charge on any atom is 0.296 e. The predicted octanol–water partition coefficient (Wildman–Crippen LogP) is 2.62. The molecule has 1 saturated heterocycles. The van der Waals surface area contributed by atoms with Gasteiger partial charge >= 0.3 is 0 Å². The summed E-state index contributed by atoms with van der Waals surface area (Å²) in [6, 6.07) is 7.68. The Morgan fingerprint density at radius 1 is 1.14 bits per heavy atom. The van der Waals surface area contributed by atoms with E-state index in [4.69, 9.17) is 4.74 Å². The Labute approximate surface area is 207 Å². The van der Waals surface area contributed by atoms with E-state index in [1.165, 1.54) is 4.57 Å². The average Bonchev–Trinajstić information content (AvgIpc) is 3.27. The molecule has 3 aromatic rings. The molecule has 2 aromatic heterocycles. The van der Waals surface area contributed by atoms with E-state index in [-0.39, 0.29) is 36.9 Å². The number of alkyl halides is 2. The number of imidazole rings is 1. The fraction of sp³-hybridized carbons (Fsp3) is 0.500. The number of benzene rings is 1. The number of aliphatic hydroxyl groups excluding tert-OH is 1. The van der Waals surface area contributed by atoms with Crippen LogP contribution in [0.1, 0.15) is 33.0 Å². The molecule has 0 bridgehead atoms. The Bertz CT molecular complexity index is 1200. The maximum atomic E-state index is 14.0.